The van der Waals surface area contributed by atoms with Gasteiger partial charge in [0, 0.05) is 6.54 Å². The molecule has 0 saturated carbocycles. The van der Waals surface area contributed by atoms with E-state index in [0.29, 0.717) is 28.4 Å². The van der Waals surface area contributed by atoms with Crippen molar-refractivity contribution in [3.8, 4) is 11.5 Å². The van der Waals surface area contributed by atoms with Gasteiger partial charge in [0.1, 0.15) is 23.1 Å². The Bertz CT molecular complexity index is 987. The minimum Gasteiger partial charge on any atom is -0.497 e. The van der Waals surface area contributed by atoms with E-state index in [1.807, 2.05) is 35.8 Å². The quantitative estimate of drug-likeness (QED) is 0.354. The molecule has 0 saturated heterocycles. The largest absolute Gasteiger partial charge is 0.497 e. The molecule has 11 heteroatoms. The van der Waals surface area contributed by atoms with E-state index in [0.717, 1.165) is 17.2 Å². The number of hydrogen-bond donors (Lipinski definition) is 1. The number of carbonyl (C=O) groups excluding carboxylic acids is 1. The zero-order valence-electron chi connectivity index (χ0n) is 16.7. The third kappa shape index (κ3) is 5.80. The average molecular weight is 447 g/mol. The molecule has 158 valence electrons. The Balaban J connectivity index is 1.58. The predicted molar refractivity (Wildman–Crippen MR) is 116 cm³/mol. The maximum atomic E-state index is 12.2. The molecule has 30 heavy (non-hydrogen) atoms. The van der Waals surface area contributed by atoms with Crippen molar-refractivity contribution < 1.29 is 14.3 Å². The molecule has 1 N–H and O–H groups in total. The Hall–Kier alpha value is -2.92. The van der Waals surface area contributed by atoms with Gasteiger partial charge >= 0.3 is 0 Å². The first kappa shape index (κ1) is 21.8. The molecule has 2 heterocycles. The normalized spacial score (nSPS) is 10.6. The molecule has 3 rings (SSSR count). The molecule has 0 bridgehead atoms. The van der Waals surface area contributed by atoms with Gasteiger partial charge in [-0.25, -0.2) is 0 Å². The van der Waals surface area contributed by atoms with Gasteiger partial charge in [-0.2, -0.15) is 0 Å². The standard InChI is InChI=1S/C19H22N6O3S2/c1-4-10-25-15(11-28-14-8-6-13(27-3)7-9-14)21-24-19(25)29-12-16(26)20-18-23-22-17(5-2)30-18/h4,6-9H,1,5,10-12H2,2-3H3,(H,20,23,26). The van der Waals surface area contributed by atoms with Crippen LogP contribution in [0.1, 0.15) is 17.8 Å². The van der Waals surface area contributed by atoms with E-state index in [-0.39, 0.29) is 18.3 Å². The molecule has 0 aliphatic rings. The third-order valence-electron chi connectivity index (χ3n) is 3.88. The lowest BCUT2D eigenvalue weighted by Gasteiger charge is -2.09. The van der Waals surface area contributed by atoms with E-state index in [9.17, 15) is 4.79 Å². The van der Waals surface area contributed by atoms with Gasteiger partial charge in [0.2, 0.25) is 11.0 Å². The van der Waals surface area contributed by atoms with Crippen molar-refractivity contribution in [2.24, 2.45) is 0 Å². The fraction of sp³-hybridized carbons (Fsp3) is 0.316. The fourth-order valence-corrected chi connectivity index (χ4v) is 3.86. The number of ether oxygens (including phenoxy) is 2. The number of amides is 1. The zero-order valence-corrected chi connectivity index (χ0v) is 18.3. The smallest absolute Gasteiger partial charge is 0.236 e. The van der Waals surface area contributed by atoms with Crippen molar-refractivity contribution in [3.05, 3.63) is 47.8 Å². The van der Waals surface area contributed by atoms with Gasteiger partial charge in [-0.3, -0.25) is 14.7 Å². The second-order valence-electron chi connectivity index (χ2n) is 5.95. The van der Waals surface area contributed by atoms with Crippen LogP contribution in [0.4, 0.5) is 5.13 Å². The maximum Gasteiger partial charge on any atom is 0.236 e. The minimum absolute atomic E-state index is 0.176. The first-order chi connectivity index (χ1) is 14.6. The highest BCUT2D eigenvalue weighted by Gasteiger charge is 2.15. The van der Waals surface area contributed by atoms with Gasteiger partial charge < -0.3 is 9.47 Å². The van der Waals surface area contributed by atoms with Crippen LogP contribution < -0.4 is 14.8 Å². The summed E-state index contributed by atoms with van der Waals surface area (Å²) in [4.78, 5) is 12.2. The topological polar surface area (TPSA) is 104 Å². The third-order valence-corrected chi connectivity index (χ3v) is 5.83. The Morgan fingerprint density at radius 3 is 2.67 bits per heavy atom. The summed E-state index contributed by atoms with van der Waals surface area (Å²) in [5.41, 5.74) is 0. The molecule has 2 aromatic heterocycles. The van der Waals surface area contributed by atoms with Crippen LogP contribution in [0.5, 0.6) is 11.5 Å². The maximum absolute atomic E-state index is 12.2. The Morgan fingerprint density at radius 2 is 2.00 bits per heavy atom. The zero-order chi connectivity index (χ0) is 21.3. The van der Waals surface area contributed by atoms with E-state index in [1.165, 1.54) is 23.1 Å². The molecule has 3 aromatic rings. The molecule has 0 radical (unpaired) electrons. The Morgan fingerprint density at radius 1 is 1.23 bits per heavy atom. The van der Waals surface area contributed by atoms with Crippen LogP contribution in [-0.4, -0.2) is 43.7 Å². The first-order valence-electron chi connectivity index (χ1n) is 9.17. The number of nitrogens with zero attached hydrogens (tertiary/aromatic N) is 5. The van der Waals surface area contributed by atoms with Gasteiger partial charge in [-0.05, 0) is 30.7 Å². The van der Waals surface area contributed by atoms with E-state index in [2.05, 4.69) is 32.3 Å². The second-order valence-corrected chi connectivity index (χ2v) is 7.96. The predicted octanol–water partition coefficient (Wildman–Crippen LogP) is 3.20. The van der Waals surface area contributed by atoms with E-state index in [1.54, 1.807) is 13.2 Å². The molecule has 0 unspecified atom stereocenters. The molecule has 0 aliphatic heterocycles. The molecule has 1 aromatic carbocycles. The van der Waals surface area contributed by atoms with E-state index >= 15 is 0 Å². The minimum atomic E-state index is -0.178. The van der Waals surface area contributed by atoms with Crippen LogP contribution in [0.3, 0.4) is 0 Å². The molecule has 0 aliphatic carbocycles. The van der Waals surface area contributed by atoms with Gasteiger partial charge in [-0.1, -0.05) is 36.1 Å². The number of thioether (sulfide) groups is 1. The van der Waals surface area contributed by atoms with Crippen molar-refractivity contribution in [1.82, 2.24) is 25.0 Å². The van der Waals surface area contributed by atoms with E-state index in [4.69, 9.17) is 9.47 Å². The number of methoxy groups -OCH3 is 1. The van der Waals surface area contributed by atoms with Crippen LogP contribution in [0.15, 0.2) is 42.1 Å². The highest BCUT2D eigenvalue weighted by atomic mass is 32.2. The number of hydrogen-bond acceptors (Lipinski definition) is 9. The van der Waals surface area contributed by atoms with Gasteiger partial charge in [-0.15, -0.1) is 27.0 Å². The summed E-state index contributed by atoms with van der Waals surface area (Å²) in [6, 6.07) is 7.30. The summed E-state index contributed by atoms with van der Waals surface area (Å²) in [5, 5.41) is 21.1. The number of aryl methyl sites for hydroxylation is 1. The summed E-state index contributed by atoms with van der Waals surface area (Å²) in [5.74, 6) is 2.10. The number of rotatable bonds is 11. The number of aromatic nitrogens is 5. The number of allylic oxidation sites excluding steroid dienone is 1. The SMILES string of the molecule is C=CCn1c(COc2ccc(OC)cc2)nnc1SCC(=O)Nc1nnc(CC)s1. The highest BCUT2D eigenvalue weighted by Crippen LogP contribution is 2.21. The van der Waals surface area contributed by atoms with Crippen molar-refractivity contribution in [2.75, 3.05) is 18.2 Å². The number of nitrogens with one attached hydrogen (secondary N) is 1. The van der Waals surface area contributed by atoms with Crippen LogP contribution >= 0.6 is 23.1 Å². The number of carbonyl (C=O) groups is 1. The van der Waals surface area contributed by atoms with Gasteiger partial charge in [0.05, 0.1) is 12.9 Å². The first-order valence-corrected chi connectivity index (χ1v) is 11.0. The van der Waals surface area contributed by atoms with Crippen molar-refractivity contribution in [1.29, 1.82) is 0 Å². The lowest BCUT2D eigenvalue weighted by molar-refractivity contribution is -0.113. The Kier molecular flexibility index (Phi) is 7.80. The summed E-state index contributed by atoms with van der Waals surface area (Å²) < 4.78 is 12.8. The second kappa shape index (κ2) is 10.7. The fourth-order valence-electron chi connectivity index (χ4n) is 2.40. The van der Waals surface area contributed by atoms with Gasteiger partial charge in [0.25, 0.3) is 0 Å². The van der Waals surface area contributed by atoms with Crippen LogP contribution in [-0.2, 0) is 24.4 Å². The van der Waals surface area contributed by atoms with Crippen LogP contribution in [0.25, 0.3) is 0 Å². The molecule has 1 amide bonds. The van der Waals surface area contributed by atoms with Crippen molar-refractivity contribution in [3.63, 3.8) is 0 Å². The highest BCUT2D eigenvalue weighted by molar-refractivity contribution is 7.99. The monoisotopic (exact) mass is 446 g/mol. The lowest BCUT2D eigenvalue weighted by Crippen LogP contribution is -2.15. The van der Waals surface area contributed by atoms with Gasteiger partial charge in [0.15, 0.2) is 11.0 Å². The summed E-state index contributed by atoms with van der Waals surface area (Å²) in [7, 11) is 1.61. The molecule has 0 atom stereocenters. The average Bonchev–Trinajstić information content (AvgIpc) is 3.38. The van der Waals surface area contributed by atoms with Crippen LogP contribution in [0, 0.1) is 0 Å². The summed E-state index contributed by atoms with van der Waals surface area (Å²) >= 11 is 2.66. The van der Waals surface area contributed by atoms with Crippen LogP contribution in [0.2, 0.25) is 0 Å². The number of benzene rings is 1. The van der Waals surface area contributed by atoms with Crippen molar-refractivity contribution >= 4 is 34.1 Å². The lowest BCUT2D eigenvalue weighted by atomic mass is 10.3. The summed E-state index contributed by atoms with van der Waals surface area (Å²) in [6.45, 7) is 6.52. The molecular formula is C19H22N6O3S2. The molecule has 0 spiro atoms. The summed E-state index contributed by atoms with van der Waals surface area (Å²) in [6.07, 6.45) is 2.53. The van der Waals surface area contributed by atoms with Crippen molar-refractivity contribution in [2.45, 2.75) is 31.7 Å². The molecule has 9 nitrogen and oxygen atoms in total. The Labute approximate surface area is 182 Å². The molecular weight excluding hydrogens is 424 g/mol. The van der Waals surface area contributed by atoms with E-state index < -0.39 is 0 Å². The molecule has 0 fully saturated rings. The number of anilines is 1.